The van der Waals surface area contributed by atoms with Crippen LogP contribution in [0.3, 0.4) is 0 Å². The Balaban J connectivity index is 1.30. The monoisotopic (exact) mass is 753 g/mol. The Morgan fingerprint density at radius 3 is 1.24 bits per heavy atom. The largest absolute Gasteiger partial charge is 0.308 e. The van der Waals surface area contributed by atoms with Gasteiger partial charge in [0.15, 0.2) is 0 Å². The summed E-state index contributed by atoms with van der Waals surface area (Å²) in [5, 5.41) is 15.4. The minimum Gasteiger partial charge on any atom is -0.308 e. The zero-order valence-corrected chi connectivity index (χ0v) is 32.5. The van der Waals surface area contributed by atoms with Crippen LogP contribution in [0, 0.1) is 50.7 Å². The van der Waals surface area contributed by atoms with E-state index in [-0.39, 0.29) is 5.56 Å². The number of hydrogen-bond donors (Lipinski definition) is 0. The van der Waals surface area contributed by atoms with E-state index in [4.69, 9.17) is 0 Å². The molecule has 3 nitrogen and oxygen atoms in total. The molecule has 0 fully saturated rings. The van der Waals surface area contributed by atoms with Crippen molar-refractivity contribution in [2.24, 2.45) is 0 Å². The molecule has 0 amide bonds. The molecule has 0 unspecified atom stereocenters. The number of rotatable bonds is 5. The van der Waals surface area contributed by atoms with Crippen LogP contribution >= 0.6 is 0 Å². The molecule has 5 heteroatoms. The summed E-state index contributed by atoms with van der Waals surface area (Å²) in [7, 11) is 0. The first-order valence-electron chi connectivity index (χ1n) is 19.4. The highest BCUT2D eigenvalue weighted by atomic mass is 19.1. The van der Waals surface area contributed by atoms with E-state index in [1.807, 2.05) is 36.4 Å². The first-order chi connectivity index (χ1) is 28.2. The van der Waals surface area contributed by atoms with Crippen molar-refractivity contribution in [1.82, 2.24) is 9.13 Å². The van der Waals surface area contributed by atoms with Crippen LogP contribution in [0.5, 0.6) is 0 Å². The number of halogens is 2. The van der Waals surface area contributed by atoms with Crippen molar-refractivity contribution in [3.05, 3.63) is 191 Å². The molecule has 0 saturated heterocycles. The third kappa shape index (κ3) is 5.60. The van der Waals surface area contributed by atoms with E-state index in [1.54, 1.807) is 12.1 Å². The van der Waals surface area contributed by atoms with Gasteiger partial charge >= 0.3 is 0 Å². The van der Waals surface area contributed by atoms with Crippen LogP contribution in [0.2, 0.25) is 0 Å². The average molecular weight is 754 g/mol. The first-order valence-corrected chi connectivity index (χ1v) is 19.4. The van der Waals surface area contributed by atoms with Gasteiger partial charge in [-0.05, 0) is 116 Å². The van der Waals surface area contributed by atoms with Crippen molar-refractivity contribution in [1.29, 1.82) is 5.26 Å². The highest BCUT2D eigenvalue weighted by Gasteiger charge is 2.24. The van der Waals surface area contributed by atoms with Gasteiger partial charge in [0.1, 0.15) is 23.3 Å². The minimum atomic E-state index is -0.678. The second kappa shape index (κ2) is 13.4. The summed E-state index contributed by atoms with van der Waals surface area (Å²) in [6.45, 7) is 8.42. The lowest BCUT2D eigenvalue weighted by Crippen LogP contribution is -2.06. The van der Waals surface area contributed by atoms with Crippen LogP contribution in [0.1, 0.15) is 27.8 Å². The van der Waals surface area contributed by atoms with Gasteiger partial charge in [-0.25, -0.2) is 8.78 Å². The molecular weight excluding hydrogens is 717 g/mol. The predicted octanol–water partition coefficient (Wildman–Crippen LogP) is 14.3. The van der Waals surface area contributed by atoms with E-state index in [9.17, 15) is 5.26 Å². The lowest BCUT2D eigenvalue weighted by Gasteiger charge is -2.19. The summed E-state index contributed by atoms with van der Waals surface area (Å²) in [6.07, 6.45) is 0. The van der Waals surface area contributed by atoms with Gasteiger partial charge in [-0.1, -0.05) is 113 Å². The fourth-order valence-electron chi connectivity index (χ4n) is 9.10. The maximum absolute atomic E-state index is 15.9. The molecule has 278 valence electrons. The van der Waals surface area contributed by atoms with Crippen LogP contribution < -0.4 is 0 Å². The Kier molecular flexibility index (Phi) is 8.14. The maximum Gasteiger partial charge on any atom is 0.133 e. The zero-order valence-electron chi connectivity index (χ0n) is 32.5. The molecule has 0 aliphatic heterocycles. The topological polar surface area (TPSA) is 33.6 Å². The number of para-hydroxylation sites is 2. The standard InChI is InChI=1S/C53H37F2N3/c1-31-20-32(2)23-37(22-31)35-16-18-49-42(26-35)40-10-5-7-14-47(40)57(49)51-28-39(53-45(54)12-9-13-46(53)55)29-52(44(51)30-56)58-48-15-8-6-11-41(48)43-27-36(17-19-50(43)58)38-24-33(3)21-34(4)25-38/h5-29H,1-4H3. The Bertz CT molecular complexity index is 3120. The number of hydrogen-bond acceptors (Lipinski definition) is 1. The van der Waals surface area contributed by atoms with Gasteiger partial charge < -0.3 is 9.13 Å². The van der Waals surface area contributed by atoms with Gasteiger partial charge in [0.25, 0.3) is 0 Å². The molecular formula is C53H37F2N3. The summed E-state index contributed by atoms with van der Waals surface area (Å²) < 4.78 is 35.9. The summed E-state index contributed by atoms with van der Waals surface area (Å²) in [5.74, 6) is -1.36. The van der Waals surface area contributed by atoms with E-state index >= 15 is 8.78 Å². The fourth-order valence-corrected chi connectivity index (χ4v) is 9.10. The highest BCUT2D eigenvalue weighted by Crippen LogP contribution is 2.42. The molecule has 0 radical (unpaired) electrons. The maximum atomic E-state index is 15.9. The van der Waals surface area contributed by atoms with E-state index in [2.05, 4.69) is 128 Å². The van der Waals surface area contributed by atoms with Gasteiger partial charge in [-0.3, -0.25) is 0 Å². The van der Waals surface area contributed by atoms with Crippen molar-refractivity contribution in [2.45, 2.75) is 27.7 Å². The zero-order chi connectivity index (χ0) is 39.8. The van der Waals surface area contributed by atoms with Gasteiger partial charge in [-0.15, -0.1) is 0 Å². The van der Waals surface area contributed by atoms with Gasteiger partial charge in [0, 0.05) is 21.5 Å². The molecule has 0 bridgehead atoms. The van der Waals surface area contributed by atoms with E-state index in [1.165, 1.54) is 40.5 Å². The highest BCUT2D eigenvalue weighted by molar-refractivity contribution is 6.12. The quantitative estimate of drug-likeness (QED) is 0.172. The molecule has 0 saturated carbocycles. The van der Waals surface area contributed by atoms with Crippen molar-refractivity contribution < 1.29 is 8.78 Å². The summed E-state index contributed by atoms with van der Waals surface area (Å²) in [6, 6.07) is 52.2. The van der Waals surface area contributed by atoms with E-state index < -0.39 is 11.6 Å². The first kappa shape index (κ1) is 35.1. The fraction of sp³-hybridized carbons (Fsp3) is 0.0755. The molecule has 0 atom stereocenters. The molecule has 0 aliphatic rings. The molecule has 8 aromatic carbocycles. The molecule has 0 aliphatic carbocycles. The van der Waals surface area contributed by atoms with Crippen LogP contribution in [-0.4, -0.2) is 9.13 Å². The Hall–Kier alpha value is -7.29. The lowest BCUT2D eigenvalue weighted by molar-refractivity contribution is 0.589. The molecule has 2 heterocycles. The predicted molar refractivity (Wildman–Crippen MR) is 235 cm³/mol. The van der Waals surface area contributed by atoms with Crippen LogP contribution in [0.25, 0.3) is 88.4 Å². The third-order valence-electron chi connectivity index (χ3n) is 11.4. The summed E-state index contributed by atoms with van der Waals surface area (Å²) in [5.41, 5.74) is 14.3. The number of aryl methyl sites for hydroxylation is 4. The molecule has 10 aromatic rings. The van der Waals surface area contributed by atoms with Crippen LogP contribution in [-0.2, 0) is 0 Å². The second-order valence-electron chi connectivity index (χ2n) is 15.5. The van der Waals surface area contributed by atoms with Crippen molar-refractivity contribution >= 4 is 43.6 Å². The smallest absolute Gasteiger partial charge is 0.133 e. The molecule has 2 aromatic heterocycles. The number of aromatic nitrogens is 2. The SMILES string of the molecule is Cc1cc(C)cc(-c2ccc3c(c2)c2ccccc2n3-c2cc(-c3c(F)cccc3F)cc(-n3c4ccccc4c4cc(-c5cc(C)cc(C)c5)ccc43)c2C#N)c1. The van der Waals surface area contributed by atoms with Gasteiger partial charge in [0.2, 0.25) is 0 Å². The van der Waals surface area contributed by atoms with Crippen molar-refractivity contribution in [3.63, 3.8) is 0 Å². The number of benzene rings is 8. The Morgan fingerprint density at radius 2 is 0.810 bits per heavy atom. The number of nitrogens with zero attached hydrogens (tertiary/aromatic N) is 3. The minimum absolute atomic E-state index is 0.148. The molecule has 0 N–H and O–H groups in total. The van der Waals surface area contributed by atoms with Crippen LogP contribution in [0.15, 0.2) is 152 Å². The van der Waals surface area contributed by atoms with E-state index in [0.717, 1.165) is 65.9 Å². The number of nitriles is 1. The summed E-state index contributed by atoms with van der Waals surface area (Å²) in [4.78, 5) is 0. The van der Waals surface area contributed by atoms with Gasteiger partial charge in [-0.2, -0.15) is 5.26 Å². The number of fused-ring (bicyclic) bond motifs is 6. The normalized spacial score (nSPS) is 11.6. The summed E-state index contributed by atoms with van der Waals surface area (Å²) >= 11 is 0. The van der Waals surface area contributed by atoms with E-state index in [0.29, 0.717) is 22.5 Å². The van der Waals surface area contributed by atoms with Gasteiger partial charge in [0.05, 0.1) is 39.0 Å². The molecule has 58 heavy (non-hydrogen) atoms. The van der Waals surface area contributed by atoms with Crippen molar-refractivity contribution in [3.8, 4) is 50.8 Å². The lowest BCUT2D eigenvalue weighted by atomic mass is 9.98. The molecule has 10 rings (SSSR count). The Labute approximate surface area is 335 Å². The van der Waals surface area contributed by atoms with Crippen LogP contribution in [0.4, 0.5) is 8.78 Å². The van der Waals surface area contributed by atoms with Crippen molar-refractivity contribution in [2.75, 3.05) is 0 Å². The Morgan fingerprint density at radius 1 is 0.397 bits per heavy atom. The second-order valence-corrected chi connectivity index (χ2v) is 15.5. The molecule has 0 spiro atoms. The third-order valence-corrected chi connectivity index (χ3v) is 11.4. The average Bonchev–Trinajstić information content (AvgIpc) is 3.72.